The summed E-state index contributed by atoms with van der Waals surface area (Å²) in [4.78, 5) is 29.7. The fourth-order valence-corrected chi connectivity index (χ4v) is 4.35. The number of likely N-dealkylation sites (tertiary alicyclic amines) is 1. The Morgan fingerprint density at radius 1 is 1.04 bits per heavy atom. The van der Waals surface area contributed by atoms with Gasteiger partial charge in [-0.25, -0.2) is 0 Å². The molecule has 27 heavy (non-hydrogen) atoms. The van der Waals surface area contributed by atoms with Gasteiger partial charge in [0.25, 0.3) is 5.91 Å². The Labute approximate surface area is 160 Å². The van der Waals surface area contributed by atoms with Gasteiger partial charge in [-0.3, -0.25) is 9.59 Å². The SMILES string of the molecule is CN(C(=O)C1CCN(C(=O)c2cccc3ccccc23)CC1)C1CCNC1. The Hall–Kier alpha value is -2.40. The van der Waals surface area contributed by atoms with E-state index >= 15 is 0 Å². The Kier molecular flexibility index (Phi) is 5.12. The minimum Gasteiger partial charge on any atom is -0.341 e. The zero-order valence-electron chi connectivity index (χ0n) is 15.9. The van der Waals surface area contributed by atoms with Crippen LogP contribution in [0, 0.1) is 5.92 Å². The van der Waals surface area contributed by atoms with Gasteiger partial charge < -0.3 is 15.1 Å². The smallest absolute Gasteiger partial charge is 0.254 e. The number of nitrogens with zero attached hydrogens (tertiary/aromatic N) is 2. The van der Waals surface area contributed by atoms with Gasteiger partial charge in [0.2, 0.25) is 5.91 Å². The van der Waals surface area contributed by atoms with Crippen LogP contribution in [0.15, 0.2) is 42.5 Å². The molecule has 2 fully saturated rings. The van der Waals surface area contributed by atoms with Crippen molar-refractivity contribution in [3.05, 3.63) is 48.0 Å². The standard InChI is InChI=1S/C22H27N3O2/c1-24(18-9-12-23-15-18)21(26)17-10-13-25(14-11-17)22(27)20-8-4-6-16-5-2-3-7-19(16)20/h2-8,17-18,23H,9-15H2,1H3. The molecule has 2 aliphatic heterocycles. The molecular formula is C22H27N3O2. The van der Waals surface area contributed by atoms with Gasteiger partial charge in [0.1, 0.15) is 0 Å². The molecule has 1 unspecified atom stereocenters. The predicted molar refractivity (Wildman–Crippen MR) is 107 cm³/mol. The first-order valence-corrected chi connectivity index (χ1v) is 9.89. The number of nitrogens with one attached hydrogen (secondary N) is 1. The van der Waals surface area contributed by atoms with Crippen LogP contribution in [0.5, 0.6) is 0 Å². The van der Waals surface area contributed by atoms with Gasteiger partial charge in [0, 0.05) is 44.2 Å². The van der Waals surface area contributed by atoms with Crippen molar-refractivity contribution >= 4 is 22.6 Å². The van der Waals surface area contributed by atoms with Crippen molar-refractivity contribution in [3.8, 4) is 0 Å². The van der Waals surface area contributed by atoms with Gasteiger partial charge in [0.15, 0.2) is 0 Å². The number of carbonyl (C=O) groups excluding carboxylic acids is 2. The van der Waals surface area contributed by atoms with E-state index in [9.17, 15) is 9.59 Å². The minimum absolute atomic E-state index is 0.0344. The molecule has 1 atom stereocenters. The zero-order valence-corrected chi connectivity index (χ0v) is 15.9. The molecule has 0 aromatic heterocycles. The lowest BCUT2D eigenvalue weighted by molar-refractivity contribution is -0.137. The van der Waals surface area contributed by atoms with Crippen LogP contribution in [0.25, 0.3) is 10.8 Å². The van der Waals surface area contributed by atoms with Crippen molar-refractivity contribution in [2.24, 2.45) is 5.92 Å². The molecule has 0 radical (unpaired) electrons. The Balaban J connectivity index is 1.41. The summed E-state index contributed by atoms with van der Waals surface area (Å²) in [6.07, 6.45) is 2.53. The molecule has 1 N–H and O–H groups in total. The quantitative estimate of drug-likeness (QED) is 0.909. The first-order chi connectivity index (χ1) is 13.1. The molecule has 2 amide bonds. The number of piperidine rings is 1. The number of hydrogen-bond acceptors (Lipinski definition) is 3. The van der Waals surface area contributed by atoms with E-state index in [1.807, 2.05) is 59.3 Å². The van der Waals surface area contributed by atoms with Crippen molar-refractivity contribution < 1.29 is 9.59 Å². The Bertz CT molecular complexity index is 831. The molecule has 0 spiro atoms. The molecular weight excluding hydrogens is 338 g/mol. The summed E-state index contributed by atoms with van der Waals surface area (Å²) >= 11 is 0. The highest BCUT2D eigenvalue weighted by Crippen LogP contribution is 2.25. The summed E-state index contributed by atoms with van der Waals surface area (Å²) in [5.74, 6) is 0.346. The largest absolute Gasteiger partial charge is 0.341 e. The van der Waals surface area contributed by atoms with E-state index in [0.717, 1.165) is 48.7 Å². The fourth-order valence-electron chi connectivity index (χ4n) is 4.35. The normalized spacial score (nSPS) is 20.8. The lowest BCUT2D eigenvalue weighted by atomic mass is 9.94. The summed E-state index contributed by atoms with van der Waals surface area (Å²) in [6, 6.07) is 14.2. The molecule has 142 valence electrons. The second kappa shape index (κ2) is 7.69. The molecule has 5 nitrogen and oxygen atoms in total. The van der Waals surface area contributed by atoms with Gasteiger partial charge in [-0.15, -0.1) is 0 Å². The third-order valence-corrected chi connectivity index (χ3v) is 6.08. The third-order valence-electron chi connectivity index (χ3n) is 6.08. The number of hydrogen-bond donors (Lipinski definition) is 1. The van der Waals surface area contributed by atoms with E-state index in [1.54, 1.807) is 0 Å². The maximum absolute atomic E-state index is 13.1. The minimum atomic E-state index is 0.0344. The highest BCUT2D eigenvalue weighted by molar-refractivity contribution is 6.07. The van der Waals surface area contributed by atoms with Crippen molar-refractivity contribution in [2.75, 3.05) is 33.2 Å². The van der Waals surface area contributed by atoms with Crippen molar-refractivity contribution in [1.29, 1.82) is 0 Å². The summed E-state index contributed by atoms with van der Waals surface area (Å²) in [5, 5.41) is 5.40. The van der Waals surface area contributed by atoms with Gasteiger partial charge in [-0.05, 0) is 42.6 Å². The van der Waals surface area contributed by atoms with Crippen LogP contribution >= 0.6 is 0 Å². The molecule has 5 heteroatoms. The number of likely N-dealkylation sites (N-methyl/N-ethyl adjacent to an activating group) is 1. The molecule has 0 aliphatic carbocycles. The van der Waals surface area contributed by atoms with Crippen LogP contribution in [-0.2, 0) is 4.79 Å². The van der Waals surface area contributed by atoms with Crippen molar-refractivity contribution in [2.45, 2.75) is 25.3 Å². The molecule has 2 aliphatic rings. The van der Waals surface area contributed by atoms with Crippen LogP contribution in [-0.4, -0.2) is 60.9 Å². The van der Waals surface area contributed by atoms with E-state index < -0.39 is 0 Å². The van der Waals surface area contributed by atoms with Gasteiger partial charge in [-0.1, -0.05) is 36.4 Å². The van der Waals surface area contributed by atoms with Crippen LogP contribution in [0.2, 0.25) is 0 Å². The van der Waals surface area contributed by atoms with Crippen molar-refractivity contribution in [3.63, 3.8) is 0 Å². The maximum Gasteiger partial charge on any atom is 0.254 e. The van der Waals surface area contributed by atoms with E-state index in [4.69, 9.17) is 0 Å². The molecule has 4 rings (SSSR count). The molecule has 2 heterocycles. The van der Waals surface area contributed by atoms with Crippen molar-refractivity contribution in [1.82, 2.24) is 15.1 Å². The molecule has 2 saturated heterocycles. The number of fused-ring (bicyclic) bond motifs is 1. The lowest BCUT2D eigenvalue weighted by Crippen LogP contribution is -2.46. The molecule has 2 aromatic carbocycles. The first kappa shape index (κ1) is 18.0. The molecule has 0 bridgehead atoms. The number of rotatable bonds is 3. The third kappa shape index (κ3) is 3.56. The van der Waals surface area contributed by atoms with E-state index in [2.05, 4.69) is 5.32 Å². The zero-order chi connectivity index (χ0) is 18.8. The van der Waals surface area contributed by atoms with Gasteiger partial charge in [-0.2, -0.15) is 0 Å². The summed E-state index contributed by atoms with van der Waals surface area (Å²) in [5.41, 5.74) is 0.757. The highest BCUT2D eigenvalue weighted by atomic mass is 16.2. The maximum atomic E-state index is 13.1. The highest BCUT2D eigenvalue weighted by Gasteiger charge is 2.32. The monoisotopic (exact) mass is 365 g/mol. The second-order valence-electron chi connectivity index (χ2n) is 7.69. The number of benzene rings is 2. The summed E-state index contributed by atoms with van der Waals surface area (Å²) < 4.78 is 0. The number of amides is 2. The lowest BCUT2D eigenvalue weighted by Gasteiger charge is -2.35. The van der Waals surface area contributed by atoms with Gasteiger partial charge >= 0.3 is 0 Å². The first-order valence-electron chi connectivity index (χ1n) is 9.89. The van der Waals surface area contributed by atoms with Crippen LogP contribution in [0.1, 0.15) is 29.6 Å². The van der Waals surface area contributed by atoms with E-state index in [-0.39, 0.29) is 17.7 Å². The number of carbonyl (C=O) groups is 2. The average molecular weight is 365 g/mol. The van der Waals surface area contributed by atoms with Gasteiger partial charge in [0.05, 0.1) is 0 Å². The molecule has 2 aromatic rings. The van der Waals surface area contributed by atoms with Crippen LogP contribution in [0.3, 0.4) is 0 Å². The summed E-state index contributed by atoms with van der Waals surface area (Å²) in [6.45, 7) is 3.17. The molecule has 0 saturated carbocycles. The second-order valence-corrected chi connectivity index (χ2v) is 7.69. The fraction of sp³-hybridized carbons (Fsp3) is 0.455. The van der Waals surface area contributed by atoms with Crippen LogP contribution < -0.4 is 5.32 Å². The Morgan fingerprint density at radius 2 is 1.78 bits per heavy atom. The predicted octanol–water partition coefficient (Wildman–Crippen LogP) is 2.51. The van der Waals surface area contributed by atoms with E-state index in [1.165, 1.54) is 0 Å². The Morgan fingerprint density at radius 3 is 2.52 bits per heavy atom. The topological polar surface area (TPSA) is 52.7 Å². The van der Waals surface area contributed by atoms with Crippen LogP contribution in [0.4, 0.5) is 0 Å². The average Bonchev–Trinajstić information content (AvgIpc) is 3.27. The van der Waals surface area contributed by atoms with E-state index in [0.29, 0.717) is 19.1 Å². The summed E-state index contributed by atoms with van der Waals surface area (Å²) in [7, 11) is 1.92.